The fourth-order valence-corrected chi connectivity index (χ4v) is 1.59. The Balaban J connectivity index is 2.32. The summed E-state index contributed by atoms with van der Waals surface area (Å²) in [5.41, 5.74) is 7.49. The van der Waals surface area contributed by atoms with E-state index in [0.29, 0.717) is 27.8 Å². The van der Waals surface area contributed by atoms with Crippen LogP contribution in [0, 0.1) is 0 Å². The minimum absolute atomic E-state index is 0.552. The standard InChI is InChI=1S/C13H12ClN3O/c1-18-13-8-9(15)6-7-12(13)17-16-11-5-3-2-4-10(11)14/h2-8H,15H2,1H3/b17-16+. The third-order valence-electron chi connectivity index (χ3n) is 2.32. The fraction of sp³-hybridized carbons (Fsp3) is 0.0769. The minimum Gasteiger partial charge on any atom is -0.494 e. The monoisotopic (exact) mass is 261 g/mol. The van der Waals surface area contributed by atoms with Gasteiger partial charge in [0.05, 0.1) is 12.1 Å². The minimum atomic E-state index is 0.552. The van der Waals surface area contributed by atoms with Crippen molar-refractivity contribution in [1.29, 1.82) is 0 Å². The SMILES string of the molecule is COc1cc(N)ccc1/N=N/c1ccccc1Cl. The van der Waals surface area contributed by atoms with E-state index in [9.17, 15) is 0 Å². The van der Waals surface area contributed by atoms with Gasteiger partial charge in [-0.15, -0.1) is 10.2 Å². The predicted octanol–water partition coefficient (Wildman–Crippen LogP) is 4.35. The second-order valence-corrected chi connectivity index (χ2v) is 3.99. The van der Waals surface area contributed by atoms with Gasteiger partial charge in [-0.05, 0) is 24.3 Å². The normalized spacial score (nSPS) is 10.8. The molecule has 0 unspecified atom stereocenters. The number of azo groups is 1. The lowest BCUT2D eigenvalue weighted by molar-refractivity contribution is 0.416. The molecule has 0 saturated heterocycles. The Hall–Kier alpha value is -2.07. The molecule has 4 nitrogen and oxygen atoms in total. The highest BCUT2D eigenvalue weighted by molar-refractivity contribution is 6.32. The number of methoxy groups -OCH3 is 1. The van der Waals surface area contributed by atoms with Crippen molar-refractivity contribution in [3.05, 3.63) is 47.5 Å². The van der Waals surface area contributed by atoms with Crippen molar-refractivity contribution in [3.8, 4) is 5.75 Å². The molecule has 0 heterocycles. The Morgan fingerprint density at radius 1 is 1.06 bits per heavy atom. The zero-order chi connectivity index (χ0) is 13.0. The van der Waals surface area contributed by atoms with Gasteiger partial charge in [-0.2, -0.15) is 0 Å². The summed E-state index contributed by atoms with van der Waals surface area (Å²) in [4.78, 5) is 0. The molecule has 2 rings (SSSR count). The Morgan fingerprint density at radius 3 is 2.50 bits per heavy atom. The molecule has 18 heavy (non-hydrogen) atoms. The molecule has 0 atom stereocenters. The van der Waals surface area contributed by atoms with E-state index < -0.39 is 0 Å². The molecule has 2 aromatic carbocycles. The molecule has 0 bridgehead atoms. The maximum absolute atomic E-state index is 5.98. The van der Waals surface area contributed by atoms with Crippen LogP contribution in [0.5, 0.6) is 5.75 Å². The summed E-state index contributed by atoms with van der Waals surface area (Å²) in [6.45, 7) is 0. The van der Waals surface area contributed by atoms with Gasteiger partial charge < -0.3 is 10.5 Å². The number of nitrogens with two attached hydrogens (primary N) is 1. The molecule has 0 aromatic heterocycles. The van der Waals surface area contributed by atoms with Crippen LogP contribution in [-0.2, 0) is 0 Å². The first kappa shape index (κ1) is 12.4. The molecule has 0 fully saturated rings. The highest BCUT2D eigenvalue weighted by Gasteiger charge is 2.02. The lowest BCUT2D eigenvalue weighted by Gasteiger charge is -2.04. The molecular formula is C13H12ClN3O. The van der Waals surface area contributed by atoms with E-state index in [1.54, 1.807) is 37.4 Å². The Morgan fingerprint density at radius 2 is 1.78 bits per heavy atom. The van der Waals surface area contributed by atoms with Crippen molar-refractivity contribution in [2.24, 2.45) is 10.2 Å². The molecule has 0 aliphatic rings. The van der Waals surface area contributed by atoms with Crippen LogP contribution in [-0.4, -0.2) is 7.11 Å². The maximum atomic E-state index is 5.98. The van der Waals surface area contributed by atoms with Crippen LogP contribution in [0.15, 0.2) is 52.7 Å². The number of ether oxygens (including phenoxy) is 1. The molecule has 0 saturated carbocycles. The van der Waals surface area contributed by atoms with E-state index in [-0.39, 0.29) is 0 Å². The zero-order valence-electron chi connectivity index (χ0n) is 9.80. The first-order valence-electron chi connectivity index (χ1n) is 5.30. The summed E-state index contributed by atoms with van der Waals surface area (Å²) in [7, 11) is 1.56. The largest absolute Gasteiger partial charge is 0.494 e. The molecule has 2 N–H and O–H groups in total. The average Bonchev–Trinajstić information content (AvgIpc) is 2.39. The molecule has 0 radical (unpaired) electrons. The van der Waals surface area contributed by atoms with Gasteiger partial charge in [-0.1, -0.05) is 23.7 Å². The molecular weight excluding hydrogens is 250 g/mol. The van der Waals surface area contributed by atoms with Crippen LogP contribution < -0.4 is 10.5 Å². The van der Waals surface area contributed by atoms with E-state index >= 15 is 0 Å². The van der Waals surface area contributed by atoms with E-state index in [0.717, 1.165) is 0 Å². The smallest absolute Gasteiger partial charge is 0.148 e. The number of nitrogens with zero attached hydrogens (tertiary/aromatic N) is 2. The van der Waals surface area contributed by atoms with Crippen LogP contribution in [0.4, 0.5) is 17.1 Å². The second-order valence-electron chi connectivity index (χ2n) is 3.58. The molecule has 5 heteroatoms. The van der Waals surface area contributed by atoms with Gasteiger partial charge in [-0.3, -0.25) is 0 Å². The highest BCUT2D eigenvalue weighted by atomic mass is 35.5. The number of hydrogen-bond donors (Lipinski definition) is 1. The first-order valence-corrected chi connectivity index (χ1v) is 5.68. The van der Waals surface area contributed by atoms with Gasteiger partial charge in [0, 0.05) is 11.8 Å². The van der Waals surface area contributed by atoms with Crippen LogP contribution >= 0.6 is 11.6 Å². The van der Waals surface area contributed by atoms with Crippen molar-refractivity contribution in [2.45, 2.75) is 0 Å². The Bertz CT molecular complexity index is 584. The van der Waals surface area contributed by atoms with E-state index in [1.165, 1.54) is 0 Å². The summed E-state index contributed by atoms with van der Waals surface area (Å²) in [6.07, 6.45) is 0. The van der Waals surface area contributed by atoms with Crippen molar-refractivity contribution >= 4 is 28.7 Å². The number of anilines is 1. The van der Waals surface area contributed by atoms with Gasteiger partial charge >= 0.3 is 0 Å². The highest BCUT2D eigenvalue weighted by Crippen LogP contribution is 2.32. The molecule has 0 aliphatic carbocycles. The van der Waals surface area contributed by atoms with Crippen molar-refractivity contribution in [3.63, 3.8) is 0 Å². The van der Waals surface area contributed by atoms with E-state index in [4.69, 9.17) is 22.1 Å². The quantitative estimate of drug-likeness (QED) is 0.660. The third kappa shape index (κ3) is 2.78. The second kappa shape index (κ2) is 5.51. The summed E-state index contributed by atoms with van der Waals surface area (Å²) >= 11 is 5.98. The van der Waals surface area contributed by atoms with Gasteiger partial charge in [-0.25, -0.2) is 0 Å². The van der Waals surface area contributed by atoms with E-state index in [2.05, 4.69) is 10.2 Å². The lowest BCUT2D eigenvalue weighted by atomic mass is 10.2. The van der Waals surface area contributed by atoms with Crippen LogP contribution in [0.2, 0.25) is 5.02 Å². The van der Waals surface area contributed by atoms with Crippen molar-refractivity contribution < 1.29 is 4.74 Å². The van der Waals surface area contributed by atoms with Gasteiger partial charge in [0.25, 0.3) is 0 Å². The predicted molar refractivity (Wildman–Crippen MR) is 73.0 cm³/mol. The zero-order valence-corrected chi connectivity index (χ0v) is 10.6. The van der Waals surface area contributed by atoms with Gasteiger partial charge in [0.15, 0.2) is 0 Å². The molecule has 2 aromatic rings. The molecule has 0 amide bonds. The molecule has 0 aliphatic heterocycles. The summed E-state index contributed by atoms with van der Waals surface area (Å²) in [5.74, 6) is 0.575. The van der Waals surface area contributed by atoms with E-state index in [1.807, 2.05) is 12.1 Å². The van der Waals surface area contributed by atoms with Crippen LogP contribution in [0.3, 0.4) is 0 Å². The average molecular weight is 262 g/mol. The fourth-order valence-electron chi connectivity index (χ4n) is 1.42. The first-order chi connectivity index (χ1) is 8.70. The number of rotatable bonds is 3. The van der Waals surface area contributed by atoms with Crippen LogP contribution in [0.25, 0.3) is 0 Å². The van der Waals surface area contributed by atoms with Crippen molar-refractivity contribution in [1.82, 2.24) is 0 Å². The van der Waals surface area contributed by atoms with Gasteiger partial charge in [0.2, 0.25) is 0 Å². The van der Waals surface area contributed by atoms with Crippen molar-refractivity contribution in [2.75, 3.05) is 12.8 Å². The maximum Gasteiger partial charge on any atom is 0.148 e. The Labute approximate surface area is 110 Å². The number of hydrogen-bond acceptors (Lipinski definition) is 4. The Kier molecular flexibility index (Phi) is 3.79. The number of benzene rings is 2. The molecule has 0 spiro atoms. The summed E-state index contributed by atoms with van der Waals surface area (Å²) in [5, 5.41) is 8.75. The lowest BCUT2D eigenvalue weighted by Crippen LogP contribution is -1.87. The summed E-state index contributed by atoms with van der Waals surface area (Å²) < 4.78 is 5.18. The third-order valence-corrected chi connectivity index (χ3v) is 2.64. The van der Waals surface area contributed by atoms with Crippen LogP contribution in [0.1, 0.15) is 0 Å². The molecule has 92 valence electrons. The van der Waals surface area contributed by atoms with Gasteiger partial charge in [0.1, 0.15) is 17.1 Å². The topological polar surface area (TPSA) is 60.0 Å². The summed E-state index contributed by atoms with van der Waals surface area (Å²) in [6, 6.07) is 12.4. The number of halogens is 1. The number of nitrogen functional groups attached to an aromatic ring is 1.